The number of aromatic nitrogens is 1. The number of ether oxygens (including phenoxy) is 1. The zero-order valence-electron chi connectivity index (χ0n) is 20.1. The van der Waals surface area contributed by atoms with Gasteiger partial charge in [0, 0.05) is 30.9 Å². The Hall–Kier alpha value is -2.06. The van der Waals surface area contributed by atoms with Crippen LogP contribution in [0.4, 0.5) is 10.6 Å². The first-order valence-electron chi connectivity index (χ1n) is 12.4. The number of halogens is 1. The monoisotopic (exact) mass is 490 g/mol. The number of hydrogen-bond donors (Lipinski definition) is 3. The van der Waals surface area contributed by atoms with E-state index in [-0.39, 0.29) is 36.0 Å². The molecule has 1 aromatic rings. The molecule has 0 spiro atoms. The molecule has 4 bridgehead atoms. The molecule has 5 fully saturated rings. The number of pyridine rings is 1. The maximum atomic E-state index is 13.0. The van der Waals surface area contributed by atoms with E-state index in [0.717, 1.165) is 38.5 Å². The number of nitrogens with zero attached hydrogens (tertiary/aromatic N) is 2. The van der Waals surface area contributed by atoms with Crippen molar-refractivity contribution in [3.8, 4) is 0 Å². The molecule has 4 aliphatic carbocycles. The molecule has 2 unspecified atom stereocenters. The van der Waals surface area contributed by atoms with Gasteiger partial charge in [0.1, 0.15) is 11.9 Å². The van der Waals surface area contributed by atoms with Crippen molar-refractivity contribution in [2.45, 2.75) is 82.6 Å². The highest BCUT2D eigenvalue weighted by Gasteiger charge is 2.56. The third kappa shape index (κ3) is 4.85. The van der Waals surface area contributed by atoms with E-state index >= 15 is 0 Å². The van der Waals surface area contributed by atoms with Gasteiger partial charge in [-0.2, -0.15) is 0 Å². The van der Waals surface area contributed by atoms with Gasteiger partial charge in [0.2, 0.25) is 0 Å². The summed E-state index contributed by atoms with van der Waals surface area (Å²) in [7, 11) is 0. The van der Waals surface area contributed by atoms with Crippen LogP contribution in [0.5, 0.6) is 0 Å². The molecule has 3 atom stereocenters. The largest absolute Gasteiger partial charge is 0.446 e. The van der Waals surface area contributed by atoms with Crippen molar-refractivity contribution in [3.05, 3.63) is 22.8 Å². The zero-order valence-corrected chi connectivity index (χ0v) is 20.9. The Morgan fingerprint density at radius 1 is 1.24 bits per heavy atom. The molecule has 0 radical (unpaired) electrons. The van der Waals surface area contributed by atoms with E-state index in [1.54, 1.807) is 11.0 Å². The average Bonchev–Trinajstić information content (AvgIpc) is 3.18. The fourth-order valence-corrected chi connectivity index (χ4v) is 6.85. The van der Waals surface area contributed by atoms with Gasteiger partial charge in [-0.05, 0) is 83.1 Å². The molecule has 1 aromatic heterocycles. The molecule has 1 saturated heterocycles. The number of nitrogens with one attached hydrogen (secondary N) is 2. The van der Waals surface area contributed by atoms with Gasteiger partial charge in [-0.25, -0.2) is 9.78 Å². The van der Waals surface area contributed by atoms with E-state index in [1.165, 1.54) is 6.20 Å². The molecule has 4 saturated carbocycles. The van der Waals surface area contributed by atoms with E-state index < -0.39 is 11.1 Å². The molecule has 2 amide bonds. The molecule has 9 heteroatoms. The van der Waals surface area contributed by atoms with E-state index in [4.69, 9.17) is 16.3 Å². The van der Waals surface area contributed by atoms with Crippen molar-refractivity contribution in [3.63, 3.8) is 0 Å². The van der Waals surface area contributed by atoms with E-state index in [9.17, 15) is 14.7 Å². The Morgan fingerprint density at radius 3 is 2.59 bits per heavy atom. The molecule has 186 valence electrons. The van der Waals surface area contributed by atoms with Crippen LogP contribution in [-0.2, 0) is 4.74 Å². The van der Waals surface area contributed by atoms with Gasteiger partial charge in [-0.1, -0.05) is 11.6 Å². The smallest absolute Gasteiger partial charge is 0.410 e. The summed E-state index contributed by atoms with van der Waals surface area (Å²) in [6.07, 6.45) is 6.43. The lowest BCUT2D eigenvalue weighted by molar-refractivity contribution is -0.177. The van der Waals surface area contributed by atoms with Crippen LogP contribution in [0, 0.1) is 17.8 Å². The lowest BCUT2D eigenvalue weighted by Gasteiger charge is -2.57. The van der Waals surface area contributed by atoms with Crippen LogP contribution >= 0.6 is 11.6 Å². The summed E-state index contributed by atoms with van der Waals surface area (Å²) in [5, 5.41) is 17.5. The van der Waals surface area contributed by atoms with Crippen molar-refractivity contribution in [2.24, 2.45) is 17.8 Å². The SMILES string of the molecule is CC(C)(C)NC(=O)c1cc(Cl)cnc1N[C@@H]1CCN(C(=O)OC2C3CC4CC2CC(O)(C4)C3)C1. The molecule has 6 rings (SSSR count). The number of hydrogen-bond acceptors (Lipinski definition) is 6. The zero-order chi connectivity index (χ0) is 24.3. The number of likely N-dealkylation sites (tertiary alicyclic amines) is 1. The maximum absolute atomic E-state index is 13.0. The van der Waals surface area contributed by atoms with Crippen molar-refractivity contribution < 1.29 is 19.4 Å². The van der Waals surface area contributed by atoms with Crippen LogP contribution in [0.2, 0.25) is 5.02 Å². The lowest BCUT2D eigenvalue weighted by Crippen LogP contribution is -2.58. The summed E-state index contributed by atoms with van der Waals surface area (Å²) >= 11 is 6.11. The van der Waals surface area contributed by atoms with Gasteiger partial charge in [-0.15, -0.1) is 0 Å². The normalized spacial score (nSPS) is 34.3. The van der Waals surface area contributed by atoms with Crippen LogP contribution in [-0.4, -0.2) is 63.4 Å². The highest BCUT2D eigenvalue weighted by molar-refractivity contribution is 6.31. The molecule has 0 aromatic carbocycles. The first kappa shape index (κ1) is 23.7. The molecular formula is C25H35ClN4O4. The van der Waals surface area contributed by atoms with Crippen molar-refractivity contribution in [1.82, 2.24) is 15.2 Å². The first-order chi connectivity index (χ1) is 16.0. The Bertz CT molecular complexity index is 964. The van der Waals surface area contributed by atoms with Crippen LogP contribution in [0.1, 0.15) is 69.7 Å². The number of carbonyl (C=O) groups excluding carboxylic acids is 2. The van der Waals surface area contributed by atoms with Gasteiger partial charge < -0.3 is 25.4 Å². The van der Waals surface area contributed by atoms with E-state index in [2.05, 4.69) is 15.6 Å². The molecule has 34 heavy (non-hydrogen) atoms. The molecule has 5 aliphatic rings. The van der Waals surface area contributed by atoms with Crippen molar-refractivity contribution >= 4 is 29.4 Å². The summed E-state index contributed by atoms with van der Waals surface area (Å²) in [6.45, 7) is 6.82. The number of rotatable bonds is 4. The fourth-order valence-electron chi connectivity index (χ4n) is 6.69. The summed E-state index contributed by atoms with van der Waals surface area (Å²) < 4.78 is 6.04. The second-order valence-electron chi connectivity index (χ2n) is 11.9. The number of anilines is 1. The standard InChI is InChI=1S/C25H35ClN4O4/c1-24(2,3)29-22(31)19-8-17(26)12-27-21(19)28-18-4-5-30(13-18)23(32)34-20-15-6-14-7-16(20)11-25(33,9-14)10-15/h8,12,14-16,18,20,33H,4-7,9-11,13H2,1-3H3,(H,27,28)(H,29,31)/t14?,15?,16?,18-,20?,25?/m1/s1. The number of carbonyl (C=O) groups is 2. The molecule has 2 heterocycles. The summed E-state index contributed by atoms with van der Waals surface area (Å²) in [5.41, 5.74) is -0.544. The quantitative estimate of drug-likeness (QED) is 0.592. The van der Waals surface area contributed by atoms with Crippen molar-refractivity contribution in [2.75, 3.05) is 18.4 Å². The van der Waals surface area contributed by atoms with Crippen LogP contribution < -0.4 is 10.6 Å². The van der Waals surface area contributed by atoms with Gasteiger partial charge in [0.05, 0.1) is 16.2 Å². The third-order valence-corrected chi connectivity index (χ3v) is 7.97. The van der Waals surface area contributed by atoms with Gasteiger partial charge in [0.15, 0.2) is 0 Å². The summed E-state index contributed by atoms with van der Waals surface area (Å²) in [6, 6.07) is 1.57. The number of amides is 2. The average molecular weight is 491 g/mol. The van der Waals surface area contributed by atoms with Gasteiger partial charge in [0.25, 0.3) is 5.91 Å². The van der Waals surface area contributed by atoms with Crippen LogP contribution in [0.3, 0.4) is 0 Å². The molecule has 8 nitrogen and oxygen atoms in total. The first-order valence-corrected chi connectivity index (χ1v) is 12.8. The Balaban J connectivity index is 1.20. The molecule has 1 aliphatic heterocycles. The highest BCUT2D eigenvalue weighted by Crippen LogP contribution is 2.56. The Kier molecular flexibility index (Phi) is 5.96. The Labute approximate surface area is 205 Å². The number of aliphatic hydroxyl groups is 1. The summed E-state index contributed by atoms with van der Waals surface area (Å²) in [5.74, 6) is 1.34. The fraction of sp³-hybridized carbons (Fsp3) is 0.720. The minimum atomic E-state index is -0.537. The highest BCUT2D eigenvalue weighted by atomic mass is 35.5. The topological polar surface area (TPSA) is 104 Å². The van der Waals surface area contributed by atoms with Crippen molar-refractivity contribution in [1.29, 1.82) is 0 Å². The van der Waals surface area contributed by atoms with Crippen LogP contribution in [0.25, 0.3) is 0 Å². The second-order valence-corrected chi connectivity index (χ2v) is 12.3. The summed E-state index contributed by atoms with van der Waals surface area (Å²) in [4.78, 5) is 31.9. The second kappa shape index (κ2) is 8.55. The predicted octanol–water partition coefficient (Wildman–Crippen LogP) is 3.83. The maximum Gasteiger partial charge on any atom is 0.410 e. The minimum Gasteiger partial charge on any atom is -0.446 e. The van der Waals surface area contributed by atoms with Gasteiger partial charge in [-0.3, -0.25) is 4.79 Å². The third-order valence-electron chi connectivity index (χ3n) is 7.77. The van der Waals surface area contributed by atoms with Gasteiger partial charge >= 0.3 is 6.09 Å². The minimum absolute atomic E-state index is 0.0402. The lowest BCUT2D eigenvalue weighted by atomic mass is 9.53. The van der Waals surface area contributed by atoms with E-state index in [0.29, 0.717) is 35.4 Å². The molecule has 3 N–H and O–H groups in total. The molecular weight excluding hydrogens is 456 g/mol. The van der Waals surface area contributed by atoms with E-state index in [1.807, 2.05) is 20.8 Å². The van der Waals surface area contributed by atoms with Crippen LogP contribution in [0.15, 0.2) is 12.3 Å². The predicted molar refractivity (Wildman–Crippen MR) is 129 cm³/mol. The Morgan fingerprint density at radius 2 is 1.94 bits per heavy atom.